The first-order chi connectivity index (χ1) is 7.20. The fourth-order valence-corrected chi connectivity index (χ4v) is 1.60. The minimum Gasteiger partial charge on any atom is -0.220 e. The van der Waals surface area contributed by atoms with Crippen LogP contribution in [0.4, 0.5) is 0 Å². The molecule has 0 aliphatic rings. The van der Waals surface area contributed by atoms with Crippen molar-refractivity contribution in [1.82, 2.24) is 15.0 Å². The molecule has 0 aliphatic carbocycles. The summed E-state index contributed by atoms with van der Waals surface area (Å²) in [5.41, 5.74) is 2.76. The van der Waals surface area contributed by atoms with E-state index in [1.807, 2.05) is 25.1 Å². The zero-order valence-electron chi connectivity index (χ0n) is 8.11. The Labute approximate surface area is 97.6 Å². The zero-order chi connectivity index (χ0) is 10.8. The Balaban J connectivity index is 2.48. The standard InChI is InChI=1S/C10H9Cl2N3/c1-7-2-3-8(12)4-10(7)15-6-9(5-11)13-14-15/h2-4,6H,5H2,1H3. The van der Waals surface area contributed by atoms with Gasteiger partial charge in [0, 0.05) is 5.02 Å². The van der Waals surface area contributed by atoms with Crippen molar-refractivity contribution < 1.29 is 0 Å². The molecule has 15 heavy (non-hydrogen) atoms. The molecule has 0 unspecified atom stereocenters. The highest BCUT2D eigenvalue weighted by Crippen LogP contribution is 2.18. The maximum absolute atomic E-state index is 5.92. The first kappa shape index (κ1) is 10.5. The average Bonchev–Trinajstić information content (AvgIpc) is 2.70. The minimum absolute atomic E-state index is 0.361. The van der Waals surface area contributed by atoms with Crippen LogP contribution in [-0.4, -0.2) is 15.0 Å². The summed E-state index contributed by atoms with van der Waals surface area (Å²) in [6.07, 6.45) is 1.80. The number of halogens is 2. The van der Waals surface area contributed by atoms with Crippen LogP contribution in [0.15, 0.2) is 24.4 Å². The van der Waals surface area contributed by atoms with Gasteiger partial charge < -0.3 is 0 Å². The van der Waals surface area contributed by atoms with Gasteiger partial charge in [-0.2, -0.15) is 0 Å². The molecule has 0 saturated carbocycles. The topological polar surface area (TPSA) is 30.7 Å². The lowest BCUT2D eigenvalue weighted by Gasteiger charge is -2.04. The third kappa shape index (κ3) is 2.13. The molecule has 5 heteroatoms. The van der Waals surface area contributed by atoms with E-state index in [-0.39, 0.29) is 0 Å². The van der Waals surface area contributed by atoms with E-state index in [0.717, 1.165) is 16.9 Å². The molecular weight excluding hydrogens is 233 g/mol. The van der Waals surface area contributed by atoms with E-state index < -0.39 is 0 Å². The number of benzene rings is 1. The minimum atomic E-state index is 0.361. The lowest BCUT2D eigenvalue weighted by atomic mass is 10.2. The van der Waals surface area contributed by atoms with Crippen LogP contribution in [0.1, 0.15) is 11.3 Å². The molecule has 0 spiro atoms. The van der Waals surface area contributed by atoms with E-state index in [2.05, 4.69) is 10.3 Å². The highest BCUT2D eigenvalue weighted by molar-refractivity contribution is 6.30. The summed E-state index contributed by atoms with van der Waals surface area (Å²) >= 11 is 11.6. The van der Waals surface area contributed by atoms with E-state index in [1.54, 1.807) is 10.9 Å². The number of nitrogens with zero attached hydrogens (tertiary/aromatic N) is 3. The van der Waals surface area contributed by atoms with Crippen LogP contribution in [0.3, 0.4) is 0 Å². The molecule has 0 radical (unpaired) electrons. The summed E-state index contributed by atoms with van der Waals surface area (Å²) in [5, 5.41) is 8.58. The molecular formula is C10H9Cl2N3. The molecule has 2 aromatic rings. The van der Waals surface area contributed by atoms with Gasteiger partial charge in [0.2, 0.25) is 0 Å². The van der Waals surface area contributed by atoms with Crippen LogP contribution in [0.5, 0.6) is 0 Å². The van der Waals surface area contributed by atoms with Gasteiger partial charge in [0.05, 0.1) is 23.5 Å². The second kappa shape index (κ2) is 4.21. The SMILES string of the molecule is Cc1ccc(Cl)cc1-n1cc(CCl)nn1. The molecule has 0 atom stereocenters. The quantitative estimate of drug-likeness (QED) is 0.758. The van der Waals surface area contributed by atoms with Crippen molar-refractivity contribution in [2.45, 2.75) is 12.8 Å². The maximum Gasteiger partial charge on any atom is 0.0979 e. The largest absolute Gasteiger partial charge is 0.220 e. The highest BCUT2D eigenvalue weighted by atomic mass is 35.5. The molecule has 1 aromatic heterocycles. The van der Waals surface area contributed by atoms with Gasteiger partial charge in [0.1, 0.15) is 0 Å². The van der Waals surface area contributed by atoms with Crippen LogP contribution in [0, 0.1) is 6.92 Å². The van der Waals surface area contributed by atoms with E-state index in [4.69, 9.17) is 23.2 Å². The molecule has 0 bridgehead atoms. The predicted octanol–water partition coefficient (Wildman–Crippen LogP) is 2.97. The van der Waals surface area contributed by atoms with E-state index in [0.29, 0.717) is 10.9 Å². The van der Waals surface area contributed by atoms with Crippen LogP contribution in [-0.2, 0) is 5.88 Å². The van der Waals surface area contributed by atoms with Crippen molar-refractivity contribution in [1.29, 1.82) is 0 Å². The highest BCUT2D eigenvalue weighted by Gasteiger charge is 2.05. The number of alkyl halides is 1. The van der Waals surface area contributed by atoms with Crippen molar-refractivity contribution in [3.05, 3.63) is 40.7 Å². The van der Waals surface area contributed by atoms with Gasteiger partial charge >= 0.3 is 0 Å². The summed E-state index contributed by atoms with van der Waals surface area (Å²) in [7, 11) is 0. The Kier molecular flexibility index (Phi) is 2.93. The van der Waals surface area contributed by atoms with E-state index in [1.165, 1.54) is 0 Å². The van der Waals surface area contributed by atoms with Crippen molar-refractivity contribution in [2.75, 3.05) is 0 Å². The molecule has 0 amide bonds. The lowest BCUT2D eigenvalue weighted by molar-refractivity contribution is 0.796. The molecule has 0 aliphatic heterocycles. The number of hydrogen-bond acceptors (Lipinski definition) is 2. The third-order valence-corrected chi connectivity index (χ3v) is 2.60. The van der Waals surface area contributed by atoms with Crippen LogP contribution in [0.25, 0.3) is 5.69 Å². The monoisotopic (exact) mass is 241 g/mol. The summed E-state index contributed by atoms with van der Waals surface area (Å²) < 4.78 is 1.68. The second-order valence-electron chi connectivity index (χ2n) is 3.22. The predicted molar refractivity (Wildman–Crippen MR) is 60.7 cm³/mol. The average molecular weight is 242 g/mol. The summed E-state index contributed by atoms with van der Waals surface area (Å²) in [6.45, 7) is 1.99. The van der Waals surface area contributed by atoms with Crippen LogP contribution < -0.4 is 0 Å². The number of rotatable bonds is 2. The molecule has 1 heterocycles. The van der Waals surface area contributed by atoms with Crippen LogP contribution >= 0.6 is 23.2 Å². The first-order valence-electron chi connectivity index (χ1n) is 4.44. The molecule has 0 N–H and O–H groups in total. The third-order valence-electron chi connectivity index (χ3n) is 2.10. The molecule has 1 aromatic carbocycles. The van der Waals surface area contributed by atoms with Crippen molar-refractivity contribution >= 4 is 23.2 Å². The molecule has 78 valence electrons. The Bertz CT molecular complexity index is 479. The van der Waals surface area contributed by atoms with Crippen molar-refractivity contribution in [3.8, 4) is 5.69 Å². The lowest BCUT2D eigenvalue weighted by Crippen LogP contribution is -1.97. The van der Waals surface area contributed by atoms with Gasteiger partial charge in [-0.05, 0) is 24.6 Å². The Morgan fingerprint density at radius 3 is 2.87 bits per heavy atom. The van der Waals surface area contributed by atoms with Gasteiger partial charge in [-0.3, -0.25) is 0 Å². The zero-order valence-corrected chi connectivity index (χ0v) is 9.63. The number of hydrogen-bond donors (Lipinski definition) is 0. The first-order valence-corrected chi connectivity index (χ1v) is 5.35. The van der Waals surface area contributed by atoms with Crippen molar-refractivity contribution in [3.63, 3.8) is 0 Å². The van der Waals surface area contributed by atoms with Gasteiger partial charge in [-0.1, -0.05) is 22.9 Å². The fourth-order valence-electron chi connectivity index (χ4n) is 1.31. The van der Waals surface area contributed by atoms with E-state index in [9.17, 15) is 0 Å². The molecule has 0 fully saturated rings. The Morgan fingerprint density at radius 2 is 2.20 bits per heavy atom. The van der Waals surface area contributed by atoms with E-state index >= 15 is 0 Å². The summed E-state index contributed by atoms with van der Waals surface area (Å²) in [5.74, 6) is 0.361. The maximum atomic E-state index is 5.92. The Morgan fingerprint density at radius 1 is 1.40 bits per heavy atom. The summed E-state index contributed by atoms with van der Waals surface area (Å²) in [4.78, 5) is 0. The number of aryl methyl sites for hydroxylation is 1. The number of aromatic nitrogens is 3. The molecule has 2 rings (SSSR count). The smallest absolute Gasteiger partial charge is 0.0979 e. The summed E-state index contributed by atoms with van der Waals surface area (Å²) in [6, 6.07) is 5.64. The van der Waals surface area contributed by atoms with Crippen LogP contribution in [0.2, 0.25) is 5.02 Å². The normalized spacial score (nSPS) is 10.6. The van der Waals surface area contributed by atoms with Gasteiger partial charge in [-0.25, -0.2) is 4.68 Å². The molecule has 3 nitrogen and oxygen atoms in total. The molecule has 0 saturated heterocycles. The van der Waals surface area contributed by atoms with Crippen molar-refractivity contribution in [2.24, 2.45) is 0 Å². The Hall–Kier alpha value is -1.06. The van der Waals surface area contributed by atoms with Gasteiger partial charge in [0.15, 0.2) is 0 Å². The second-order valence-corrected chi connectivity index (χ2v) is 3.92. The van der Waals surface area contributed by atoms with Gasteiger partial charge in [-0.15, -0.1) is 16.7 Å². The van der Waals surface area contributed by atoms with Gasteiger partial charge in [0.25, 0.3) is 0 Å². The fraction of sp³-hybridized carbons (Fsp3) is 0.200.